The van der Waals surface area contributed by atoms with Crippen LogP contribution in [0, 0.1) is 35.8 Å². The minimum absolute atomic E-state index is 0.369. The molecule has 12 aromatic rings. The van der Waals surface area contributed by atoms with Gasteiger partial charge < -0.3 is 8.98 Å². The van der Waals surface area contributed by atoms with Crippen molar-refractivity contribution in [2.45, 2.75) is 0 Å². The number of aromatic nitrogens is 4. The number of rotatable bonds is 7. The van der Waals surface area contributed by atoms with E-state index in [0.717, 1.165) is 82.8 Å². The first-order valence-corrected chi connectivity index (χ1v) is 22.3. The summed E-state index contributed by atoms with van der Waals surface area (Å²) in [7, 11) is 0. The zero-order valence-corrected chi connectivity index (χ0v) is 37.0. The second-order valence-electron chi connectivity index (χ2n) is 16.8. The maximum absolute atomic E-state index is 10.4. The summed E-state index contributed by atoms with van der Waals surface area (Å²) in [6.45, 7) is 15.7. The molecule has 0 unspecified atom stereocenters. The zero-order valence-electron chi connectivity index (χ0n) is 37.0. The van der Waals surface area contributed by atoms with Crippen LogP contribution >= 0.6 is 0 Å². The van der Waals surface area contributed by atoms with E-state index in [0.29, 0.717) is 56.7 Å². The predicted octanol–water partition coefficient (Wildman–Crippen LogP) is 15.7. The van der Waals surface area contributed by atoms with Crippen molar-refractivity contribution in [1.82, 2.24) is 19.5 Å². The van der Waals surface area contributed by atoms with Crippen LogP contribution in [0.1, 0.15) is 11.1 Å². The molecule has 0 saturated carbocycles. The van der Waals surface area contributed by atoms with Gasteiger partial charge in [-0.1, -0.05) is 140 Å². The van der Waals surface area contributed by atoms with Crippen LogP contribution < -0.4 is 0 Å². The van der Waals surface area contributed by atoms with Crippen molar-refractivity contribution in [3.8, 4) is 85.4 Å². The second kappa shape index (κ2) is 16.8. The van der Waals surface area contributed by atoms with Crippen LogP contribution in [0.15, 0.2) is 199 Å². The Morgan fingerprint density at radius 3 is 1.73 bits per heavy atom. The Kier molecular flexibility index (Phi) is 9.82. The van der Waals surface area contributed by atoms with Gasteiger partial charge in [0.2, 0.25) is 0 Å². The third-order valence-corrected chi connectivity index (χ3v) is 12.8. The van der Waals surface area contributed by atoms with E-state index < -0.39 is 0 Å². The lowest BCUT2D eigenvalue weighted by Gasteiger charge is -2.17. The van der Waals surface area contributed by atoms with Gasteiger partial charge in [-0.05, 0) is 88.0 Å². The number of nitriles is 2. The van der Waals surface area contributed by atoms with Crippen molar-refractivity contribution in [3.63, 3.8) is 0 Å². The molecule has 322 valence electrons. The van der Waals surface area contributed by atoms with Gasteiger partial charge >= 0.3 is 0 Å². The Balaban J connectivity index is 1.20. The largest absolute Gasteiger partial charge is 0.456 e. The molecule has 9 nitrogen and oxygen atoms in total. The molecule has 0 atom stereocenters. The van der Waals surface area contributed by atoms with E-state index in [9.17, 15) is 10.5 Å². The lowest BCUT2D eigenvalue weighted by Crippen LogP contribution is -2.04. The van der Waals surface area contributed by atoms with Gasteiger partial charge in [0.1, 0.15) is 11.2 Å². The first-order valence-electron chi connectivity index (χ1n) is 22.3. The molecule has 9 heteroatoms. The van der Waals surface area contributed by atoms with Crippen LogP contribution in [0.4, 0.5) is 11.4 Å². The van der Waals surface area contributed by atoms with Gasteiger partial charge in [-0.15, -0.1) is 0 Å². The van der Waals surface area contributed by atoms with Crippen molar-refractivity contribution in [3.05, 3.63) is 228 Å². The van der Waals surface area contributed by atoms with E-state index in [1.165, 1.54) is 0 Å². The van der Waals surface area contributed by atoms with Gasteiger partial charge in [-0.2, -0.15) is 10.5 Å². The minimum atomic E-state index is 0.369. The zero-order chi connectivity index (χ0) is 47.3. The topological polar surface area (TPSA) is 113 Å². The van der Waals surface area contributed by atoms with Crippen LogP contribution in [-0.2, 0) is 0 Å². The fraction of sp³-hybridized carbons (Fsp3) is 0. The number of benzene rings is 9. The fourth-order valence-corrected chi connectivity index (χ4v) is 9.52. The quantitative estimate of drug-likeness (QED) is 0.147. The molecule has 70 heavy (non-hydrogen) atoms. The van der Waals surface area contributed by atoms with Gasteiger partial charge in [0.15, 0.2) is 28.8 Å². The summed E-state index contributed by atoms with van der Waals surface area (Å²) in [6, 6.07) is 67.5. The molecule has 3 aromatic heterocycles. The van der Waals surface area contributed by atoms with Crippen molar-refractivity contribution >= 4 is 55.1 Å². The second-order valence-corrected chi connectivity index (χ2v) is 16.8. The monoisotopic (exact) mass is 892 g/mol. The molecule has 0 bridgehead atoms. The first-order chi connectivity index (χ1) is 34.5. The average molecular weight is 893 g/mol. The molecular formula is C61H32N8O. The van der Waals surface area contributed by atoms with E-state index in [2.05, 4.69) is 81.0 Å². The number of furan rings is 1. The van der Waals surface area contributed by atoms with Crippen LogP contribution in [0.25, 0.3) is 127 Å². The Morgan fingerprint density at radius 1 is 0.443 bits per heavy atom. The van der Waals surface area contributed by atoms with Gasteiger partial charge in [-0.3, -0.25) is 0 Å². The molecule has 9 aromatic carbocycles. The maximum Gasteiger partial charge on any atom is 0.196 e. The third-order valence-electron chi connectivity index (χ3n) is 12.8. The first kappa shape index (κ1) is 41.0. The van der Waals surface area contributed by atoms with Crippen molar-refractivity contribution in [2.24, 2.45) is 0 Å². The summed E-state index contributed by atoms with van der Waals surface area (Å²) >= 11 is 0. The number of para-hydroxylation sites is 1. The van der Waals surface area contributed by atoms with E-state index in [-0.39, 0.29) is 0 Å². The van der Waals surface area contributed by atoms with Crippen molar-refractivity contribution in [2.75, 3.05) is 0 Å². The van der Waals surface area contributed by atoms with E-state index in [4.69, 9.17) is 32.5 Å². The molecule has 0 radical (unpaired) electrons. The van der Waals surface area contributed by atoms with E-state index in [1.807, 2.05) is 115 Å². The van der Waals surface area contributed by atoms with Gasteiger partial charge in [-0.25, -0.2) is 24.6 Å². The van der Waals surface area contributed by atoms with E-state index in [1.54, 1.807) is 24.3 Å². The summed E-state index contributed by atoms with van der Waals surface area (Å²) in [6.07, 6.45) is 0. The summed E-state index contributed by atoms with van der Waals surface area (Å²) in [4.78, 5) is 23.1. The standard InChI is InChI=1S/C61H32N8O/c1-64-44-24-28-45(43(31-44)36-63)41-21-26-48-49-27-22-42(46-25-20-37(35-62)30-52(46)65-2)34-55(49)69(54(48)33-41)53-29-23-40(47-17-11-19-57-58(47)50-16-9-10-18-56(50)70-57)32-51(53)61-67-59(38-12-5-3-6-13-38)66-60(68-61)39-14-7-4-8-15-39/h3-34H. The Bertz CT molecular complexity index is 4100. The molecule has 0 saturated heterocycles. The van der Waals surface area contributed by atoms with Gasteiger partial charge in [0, 0.05) is 49.4 Å². The van der Waals surface area contributed by atoms with Crippen LogP contribution in [0.3, 0.4) is 0 Å². The summed E-state index contributed by atoms with van der Waals surface area (Å²) < 4.78 is 8.59. The highest BCUT2D eigenvalue weighted by atomic mass is 16.3. The van der Waals surface area contributed by atoms with Crippen LogP contribution in [0.5, 0.6) is 0 Å². The lowest BCUT2D eigenvalue weighted by molar-refractivity contribution is 0.669. The van der Waals surface area contributed by atoms with Gasteiger partial charge in [0.05, 0.1) is 42.0 Å². The summed E-state index contributed by atoms with van der Waals surface area (Å²) in [5.41, 5.74) is 12.8. The molecule has 3 heterocycles. The number of hydrogen-bond acceptors (Lipinski definition) is 6. The number of hydrogen-bond donors (Lipinski definition) is 0. The van der Waals surface area contributed by atoms with Crippen molar-refractivity contribution in [1.29, 1.82) is 10.5 Å². The molecule has 0 aliphatic carbocycles. The molecule has 0 aliphatic heterocycles. The molecule has 0 spiro atoms. The molecule has 0 N–H and O–H groups in total. The highest BCUT2D eigenvalue weighted by Gasteiger charge is 2.23. The third kappa shape index (κ3) is 6.88. The smallest absolute Gasteiger partial charge is 0.196 e. The maximum atomic E-state index is 10.4. The molecule has 0 amide bonds. The summed E-state index contributed by atoms with van der Waals surface area (Å²) in [5.74, 6) is 1.46. The lowest BCUT2D eigenvalue weighted by atomic mass is 9.96. The summed E-state index contributed by atoms with van der Waals surface area (Å²) in [5, 5.41) is 24.0. The van der Waals surface area contributed by atoms with Gasteiger partial charge in [0.25, 0.3) is 0 Å². The highest BCUT2D eigenvalue weighted by molar-refractivity contribution is 6.14. The Morgan fingerprint density at radius 2 is 1.06 bits per heavy atom. The Hall–Kier alpha value is -10.5. The average Bonchev–Trinajstić information content (AvgIpc) is 3.98. The number of nitrogens with zero attached hydrogens (tertiary/aromatic N) is 8. The SMILES string of the molecule is [C-]#[N+]c1ccc(-c2ccc3c4ccc(-c5ccc(C#N)cc5[N+]#[C-])cc4n(-c4ccc(-c5cccc6oc7ccccc7c56)cc4-c4nc(-c5ccccc5)nc(-c5ccccc5)n4)c3c2)c(C#N)c1. The molecule has 0 aliphatic rings. The fourth-order valence-electron chi connectivity index (χ4n) is 9.52. The minimum Gasteiger partial charge on any atom is -0.456 e. The normalized spacial score (nSPS) is 11.1. The van der Waals surface area contributed by atoms with Crippen LogP contribution in [0.2, 0.25) is 0 Å². The highest BCUT2D eigenvalue weighted by Crippen LogP contribution is 2.44. The Labute approximate surface area is 401 Å². The van der Waals surface area contributed by atoms with E-state index >= 15 is 0 Å². The van der Waals surface area contributed by atoms with Crippen LogP contribution in [-0.4, -0.2) is 19.5 Å². The molecule has 12 rings (SSSR count). The molecular weight excluding hydrogens is 861 g/mol. The molecule has 0 fully saturated rings. The number of fused-ring (bicyclic) bond motifs is 6. The predicted molar refractivity (Wildman–Crippen MR) is 276 cm³/mol. The van der Waals surface area contributed by atoms with Crippen molar-refractivity contribution < 1.29 is 4.42 Å².